The lowest BCUT2D eigenvalue weighted by atomic mass is 10.2. The molecular formula is C18H14BrN5O4S. The van der Waals surface area contributed by atoms with Gasteiger partial charge in [-0.3, -0.25) is 0 Å². The molecule has 9 nitrogen and oxygen atoms in total. The van der Waals surface area contributed by atoms with Gasteiger partial charge in [-0.1, -0.05) is 23.9 Å². The van der Waals surface area contributed by atoms with Crippen molar-refractivity contribution >= 4 is 27.7 Å². The lowest BCUT2D eigenvalue weighted by molar-refractivity contribution is 0.0825. The molecule has 11 heteroatoms. The first-order valence-electron chi connectivity index (χ1n) is 8.66. The molecule has 5 rings (SSSR count). The Labute approximate surface area is 177 Å². The van der Waals surface area contributed by atoms with Gasteiger partial charge in [-0.15, -0.1) is 20.4 Å². The normalized spacial score (nSPS) is 15.6. The molecule has 0 saturated carbocycles. The van der Waals surface area contributed by atoms with Crippen LogP contribution in [-0.2, 0) is 12.8 Å². The highest BCUT2D eigenvalue weighted by atomic mass is 79.9. The largest absolute Gasteiger partial charge is 0.485 e. The molecule has 1 aliphatic heterocycles. The lowest BCUT2D eigenvalue weighted by Gasteiger charge is -2.25. The van der Waals surface area contributed by atoms with Crippen LogP contribution in [0.4, 0.5) is 0 Å². The molecule has 0 spiro atoms. The number of furan rings is 1. The van der Waals surface area contributed by atoms with Gasteiger partial charge in [0.05, 0.1) is 5.75 Å². The molecule has 0 unspecified atom stereocenters. The van der Waals surface area contributed by atoms with Crippen LogP contribution in [0.3, 0.4) is 0 Å². The molecule has 1 aromatic carbocycles. The van der Waals surface area contributed by atoms with E-state index >= 15 is 0 Å². The zero-order chi connectivity index (χ0) is 19.8. The Balaban J connectivity index is 1.27. The van der Waals surface area contributed by atoms with Crippen molar-refractivity contribution in [2.45, 2.75) is 17.0 Å². The van der Waals surface area contributed by atoms with Gasteiger partial charge in [-0.2, -0.15) is 0 Å². The van der Waals surface area contributed by atoms with Crippen molar-refractivity contribution in [2.24, 2.45) is 7.05 Å². The highest BCUT2D eigenvalue weighted by Gasteiger charge is 2.27. The summed E-state index contributed by atoms with van der Waals surface area (Å²) in [7, 11) is 1.89. The van der Waals surface area contributed by atoms with E-state index in [2.05, 4.69) is 36.3 Å². The minimum atomic E-state index is -0.329. The first kappa shape index (κ1) is 18.3. The van der Waals surface area contributed by atoms with E-state index < -0.39 is 0 Å². The Morgan fingerprint density at radius 1 is 1.07 bits per heavy atom. The minimum Gasteiger partial charge on any atom is -0.485 e. The van der Waals surface area contributed by atoms with Crippen LogP contribution in [0.5, 0.6) is 11.5 Å². The number of ether oxygens (including phenoxy) is 2. The van der Waals surface area contributed by atoms with E-state index in [0.717, 1.165) is 5.75 Å². The zero-order valence-electron chi connectivity index (χ0n) is 15.1. The van der Waals surface area contributed by atoms with E-state index in [0.29, 0.717) is 51.3 Å². The Morgan fingerprint density at radius 2 is 1.93 bits per heavy atom. The molecule has 0 saturated heterocycles. The summed E-state index contributed by atoms with van der Waals surface area (Å²) in [4.78, 5) is 0. The van der Waals surface area contributed by atoms with E-state index in [-0.39, 0.29) is 6.10 Å². The van der Waals surface area contributed by atoms with Gasteiger partial charge in [-0.25, -0.2) is 0 Å². The Bertz CT molecular complexity index is 1160. The molecule has 4 aromatic rings. The summed E-state index contributed by atoms with van der Waals surface area (Å²) in [6, 6.07) is 11.1. The summed E-state index contributed by atoms with van der Waals surface area (Å²) in [6.45, 7) is 0.374. The number of halogens is 1. The van der Waals surface area contributed by atoms with Crippen LogP contribution in [0.1, 0.15) is 17.8 Å². The molecule has 0 N–H and O–H groups in total. The van der Waals surface area contributed by atoms with Gasteiger partial charge in [-0.05, 0) is 40.2 Å². The molecule has 1 aliphatic rings. The molecule has 29 heavy (non-hydrogen) atoms. The molecule has 4 heterocycles. The minimum absolute atomic E-state index is 0.329. The van der Waals surface area contributed by atoms with Crippen molar-refractivity contribution < 1.29 is 18.3 Å². The first-order valence-corrected chi connectivity index (χ1v) is 10.4. The van der Waals surface area contributed by atoms with E-state index in [4.69, 9.17) is 18.3 Å². The Hall–Kier alpha value is -2.79. The van der Waals surface area contributed by atoms with Crippen LogP contribution < -0.4 is 9.47 Å². The van der Waals surface area contributed by atoms with Crippen LogP contribution in [0.2, 0.25) is 0 Å². The molecule has 0 aliphatic carbocycles. The third-order valence-corrected chi connectivity index (χ3v) is 5.67. The molecule has 148 valence electrons. The van der Waals surface area contributed by atoms with Crippen LogP contribution in [0.25, 0.3) is 11.7 Å². The van der Waals surface area contributed by atoms with E-state index in [9.17, 15) is 0 Å². The summed E-state index contributed by atoms with van der Waals surface area (Å²) >= 11 is 4.69. The fourth-order valence-corrected chi connectivity index (χ4v) is 3.91. The van der Waals surface area contributed by atoms with Crippen molar-refractivity contribution in [2.75, 3.05) is 6.61 Å². The summed E-state index contributed by atoms with van der Waals surface area (Å²) in [5.41, 5.74) is 0. The van der Waals surface area contributed by atoms with Gasteiger partial charge < -0.3 is 22.9 Å². The molecule has 3 aromatic heterocycles. The Kier molecular flexibility index (Phi) is 4.76. The smallest absolute Gasteiger partial charge is 0.283 e. The highest BCUT2D eigenvalue weighted by molar-refractivity contribution is 9.10. The van der Waals surface area contributed by atoms with Gasteiger partial charge in [0, 0.05) is 7.05 Å². The van der Waals surface area contributed by atoms with Gasteiger partial charge in [0.25, 0.3) is 5.89 Å². The quantitative estimate of drug-likeness (QED) is 0.395. The number of rotatable bonds is 5. The molecule has 0 fully saturated rings. The molecule has 0 bridgehead atoms. The standard InChI is InChI=1S/C18H14BrN5O4S/c1-24-16(13-8-25-10-4-2-3-5-11(10)26-13)21-23-18(24)29-9-15-20-22-17(28-15)12-6-7-14(19)27-12/h2-7,13H,8-9H2,1H3/t13-/m0/s1. The third-order valence-electron chi connectivity index (χ3n) is 4.24. The lowest BCUT2D eigenvalue weighted by Crippen LogP contribution is -2.24. The fourth-order valence-electron chi connectivity index (χ4n) is 2.85. The monoisotopic (exact) mass is 475 g/mol. The summed E-state index contributed by atoms with van der Waals surface area (Å²) in [6.07, 6.45) is -0.329. The summed E-state index contributed by atoms with van der Waals surface area (Å²) in [5, 5.41) is 17.3. The fraction of sp³-hybridized carbons (Fsp3) is 0.222. The maximum atomic E-state index is 6.02. The molecular weight excluding hydrogens is 462 g/mol. The molecule has 1 atom stereocenters. The van der Waals surface area contributed by atoms with Gasteiger partial charge >= 0.3 is 0 Å². The topological polar surface area (TPSA) is 101 Å². The van der Waals surface area contributed by atoms with Crippen molar-refractivity contribution in [3.8, 4) is 23.1 Å². The van der Waals surface area contributed by atoms with E-state index in [1.165, 1.54) is 11.8 Å². The van der Waals surface area contributed by atoms with Crippen molar-refractivity contribution in [3.05, 3.63) is 52.8 Å². The number of thioether (sulfide) groups is 1. The summed E-state index contributed by atoms with van der Waals surface area (Å²) in [5.74, 6) is 3.88. The van der Waals surface area contributed by atoms with Crippen LogP contribution in [0, 0.1) is 0 Å². The second-order valence-electron chi connectivity index (χ2n) is 6.16. The van der Waals surface area contributed by atoms with Gasteiger partial charge in [0.1, 0.15) is 6.61 Å². The predicted octanol–water partition coefficient (Wildman–Crippen LogP) is 4.03. The van der Waals surface area contributed by atoms with E-state index in [1.807, 2.05) is 35.9 Å². The maximum Gasteiger partial charge on any atom is 0.283 e. The number of fused-ring (bicyclic) bond motifs is 1. The first-order chi connectivity index (χ1) is 14.2. The number of para-hydroxylation sites is 2. The number of benzene rings is 1. The van der Waals surface area contributed by atoms with Crippen LogP contribution in [0.15, 0.2) is 55.1 Å². The maximum absolute atomic E-state index is 6.02. The highest BCUT2D eigenvalue weighted by Crippen LogP contribution is 2.36. The number of hydrogen-bond donors (Lipinski definition) is 0. The van der Waals surface area contributed by atoms with Crippen LogP contribution >= 0.6 is 27.7 Å². The van der Waals surface area contributed by atoms with Crippen molar-refractivity contribution in [1.29, 1.82) is 0 Å². The van der Waals surface area contributed by atoms with Crippen molar-refractivity contribution in [1.82, 2.24) is 25.0 Å². The zero-order valence-corrected chi connectivity index (χ0v) is 17.5. The third kappa shape index (κ3) is 3.62. The average molecular weight is 476 g/mol. The second-order valence-corrected chi connectivity index (χ2v) is 7.88. The van der Waals surface area contributed by atoms with Gasteiger partial charge in [0.15, 0.2) is 39.0 Å². The van der Waals surface area contributed by atoms with Crippen molar-refractivity contribution in [3.63, 3.8) is 0 Å². The molecule has 0 radical (unpaired) electrons. The average Bonchev–Trinajstić information content (AvgIpc) is 3.46. The van der Waals surface area contributed by atoms with E-state index in [1.54, 1.807) is 12.1 Å². The van der Waals surface area contributed by atoms with Crippen LogP contribution in [-0.4, -0.2) is 31.6 Å². The predicted molar refractivity (Wildman–Crippen MR) is 106 cm³/mol. The second kappa shape index (κ2) is 7.56. The number of aromatic nitrogens is 5. The number of nitrogens with zero attached hydrogens (tertiary/aromatic N) is 5. The summed E-state index contributed by atoms with van der Waals surface area (Å²) < 4.78 is 25.3. The number of hydrogen-bond acceptors (Lipinski definition) is 9. The Morgan fingerprint density at radius 3 is 2.76 bits per heavy atom. The molecule has 0 amide bonds. The van der Waals surface area contributed by atoms with Gasteiger partial charge in [0.2, 0.25) is 5.89 Å². The SMILES string of the molecule is Cn1c(SCc2nnc(-c3ccc(Br)o3)o2)nnc1[C@@H]1COc2ccccc2O1.